The molecule has 7 heteroatoms. The number of rotatable bonds is 4. The smallest absolute Gasteiger partial charge is 0.159 e. The average molecular weight is 335 g/mol. The van der Waals surface area contributed by atoms with E-state index in [1.165, 1.54) is 5.56 Å². The van der Waals surface area contributed by atoms with E-state index < -0.39 is 0 Å². The summed E-state index contributed by atoms with van der Waals surface area (Å²) in [5.41, 5.74) is 1.26. The number of hydrogen-bond acceptors (Lipinski definition) is 6. The largest absolute Gasteiger partial charge is 0.354 e. The fraction of sp³-hybridized carbons (Fsp3) is 0.333. The van der Waals surface area contributed by atoms with E-state index in [0.29, 0.717) is 0 Å². The maximum Gasteiger partial charge on any atom is 0.159 e. The number of piperazine rings is 1. The zero-order chi connectivity index (χ0) is 17.1. The van der Waals surface area contributed by atoms with Gasteiger partial charge < -0.3 is 4.90 Å². The zero-order valence-corrected chi connectivity index (χ0v) is 14.3. The maximum absolute atomic E-state index is 4.62. The zero-order valence-electron chi connectivity index (χ0n) is 14.3. The first-order valence-corrected chi connectivity index (χ1v) is 8.50. The molecule has 0 atom stereocenters. The van der Waals surface area contributed by atoms with Gasteiger partial charge in [-0.3, -0.25) is 9.88 Å². The van der Waals surface area contributed by atoms with Crippen molar-refractivity contribution in [2.24, 2.45) is 0 Å². The van der Waals surface area contributed by atoms with Gasteiger partial charge in [0.1, 0.15) is 11.6 Å². The Labute approximate surface area is 147 Å². The van der Waals surface area contributed by atoms with Crippen molar-refractivity contribution in [1.82, 2.24) is 29.6 Å². The highest BCUT2D eigenvalue weighted by atomic mass is 15.3. The van der Waals surface area contributed by atoms with E-state index in [4.69, 9.17) is 0 Å². The molecule has 1 aliphatic heterocycles. The number of anilines is 1. The summed E-state index contributed by atoms with van der Waals surface area (Å²) in [5, 5.41) is 4.27. The van der Waals surface area contributed by atoms with Crippen molar-refractivity contribution in [2.45, 2.75) is 13.5 Å². The van der Waals surface area contributed by atoms with Gasteiger partial charge in [0.25, 0.3) is 0 Å². The Balaban J connectivity index is 1.44. The molecular formula is C18H21N7. The summed E-state index contributed by atoms with van der Waals surface area (Å²) in [6.07, 6.45) is 7.41. The van der Waals surface area contributed by atoms with Crippen molar-refractivity contribution in [1.29, 1.82) is 0 Å². The minimum Gasteiger partial charge on any atom is -0.354 e. The Morgan fingerprint density at radius 3 is 2.56 bits per heavy atom. The molecule has 128 valence electrons. The summed E-state index contributed by atoms with van der Waals surface area (Å²) >= 11 is 0. The van der Waals surface area contributed by atoms with Gasteiger partial charge in [0, 0.05) is 63.6 Å². The molecule has 1 aliphatic rings. The van der Waals surface area contributed by atoms with Crippen LogP contribution in [0.15, 0.2) is 49.1 Å². The topological polar surface area (TPSA) is 63.0 Å². The highest BCUT2D eigenvalue weighted by molar-refractivity contribution is 5.44. The standard InChI is InChI=1S/C18H21N7/c1-15-21-17(12-18(22-15)25-7-3-6-20-25)24-10-8-23(9-11-24)14-16-4-2-5-19-13-16/h2-7,12-13H,8-11,14H2,1H3. The second kappa shape index (κ2) is 6.98. The first kappa shape index (κ1) is 15.7. The molecule has 25 heavy (non-hydrogen) atoms. The van der Waals surface area contributed by atoms with Gasteiger partial charge in [0.2, 0.25) is 0 Å². The highest BCUT2D eigenvalue weighted by Crippen LogP contribution is 2.18. The van der Waals surface area contributed by atoms with Crippen LogP contribution in [0.1, 0.15) is 11.4 Å². The van der Waals surface area contributed by atoms with E-state index in [2.05, 4.69) is 35.9 Å². The Hall–Kier alpha value is -2.80. The van der Waals surface area contributed by atoms with Crippen LogP contribution < -0.4 is 4.90 Å². The number of aromatic nitrogens is 5. The van der Waals surface area contributed by atoms with E-state index >= 15 is 0 Å². The highest BCUT2D eigenvalue weighted by Gasteiger charge is 2.19. The SMILES string of the molecule is Cc1nc(N2CCN(Cc3cccnc3)CC2)cc(-n2cccn2)n1. The van der Waals surface area contributed by atoms with E-state index in [1.807, 2.05) is 43.7 Å². The van der Waals surface area contributed by atoms with Crippen molar-refractivity contribution in [2.75, 3.05) is 31.1 Å². The van der Waals surface area contributed by atoms with Gasteiger partial charge in [-0.1, -0.05) is 6.07 Å². The van der Waals surface area contributed by atoms with E-state index in [9.17, 15) is 0 Å². The van der Waals surface area contributed by atoms with Crippen LogP contribution in [-0.4, -0.2) is 55.8 Å². The molecule has 0 unspecified atom stereocenters. The first-order chi connectivity index (χ1) is 12.3. The predicted molar refractivity (Wildman–Crippen MR) is 95.6 cm³/mol. The Kier molecular flexibility index (Phi) is 4.39. The van der Waals surface area contributed by atoms with Gasteiger partial charge in [-0.05, 0) is 24.6 Å². The van der Waals surface area contributed by atoms with Crippen LogP contribution in [0.4, 0.5) is 5.82 Å². The summed E-state index contributed by atoms with van der Waals surface area (Å²) in [6, 6.07) is 8.03. The molecule has 0 aromatic carbocycles. The molecule has 0 amide bonds. The summed E-state index contributed by atoms with van der Waals surface area (Å²) < 4.78 is 1.77. The van der Waals surface area contributed by atoms with Crippen LogP contribution in [0.5, 0.6) is 0 Å². The van der Waals surface area contributed by atoms with Crippen molar-refractivity contribution < 1.29 is 0 Å². The molecule has 0 saturated carbocycles. The van der Waals surface area contributed by atoms with Crippen molar-refractivity contribution in [3.05, 3.63) is 60.4 Å². The molecule has 0 bridgehead atoms. The van der Waals surface area contributed by atoms with E-state index in [0.717, 1.165) is 50.2 Å². The molecule has 7 nitrogen and oxygen atoms in total. The maximum atomic E-state index is 4.62. The third-order valence-electron chi connectivity index (χ3n) is 4.38. The van der Waals surface area contributed by atoms with Crippen LogP contribution in [0, 0.1) is 6.92 Å². The monoisotopic (exact) mass is 335 g/mol. The first-order valence-electron chi connectivity index (χ1n) is 8.50. The summed E-state index contributed by atoms with van der Waals surface area (Å²) in [5.74, 6) is 2.55. The molecule has 0 aliphatic carbocycles. The predicted octanol–water partition coefficient (Wildman–Crippen LogP) is 1.69. The minimum atomic E-state index is 0.765. The average Bonchev–Trinajstić information content (AvgIpc) is 3.17. The molecule has 3 aromatic heterocycles. The van der Waals surface area contributed by atoms with Gasteiger partial charge in [-0.2, -0.15) is 5.10 Å². The van der Waals surface area contributed by atoms with Crippen LogP contribution >= 0.6 is 0 Å². The molecule has 0 radical (unpaired) electrons. The van der Waals surface area contributed by atoms with Crippen molar-refractivity contribution in [3.63, 3.8) is 0 Å². The lowest BCUT2D eigenvalue weighted by Crippen LogP contribution is -2.46. The lowest BCUT2D eigenvalue weighted by molar-refractivity contribution is 0.249. The number of aryl methyl sites for hydroxylation is 1. The van der Waals surface area contributed by atoms with Crippen molar-refractivity contribution >= 4 is 5.82 Å². The van der Waals surface area contributed by atoms with Gasteiger partial charge in [-0.25, -0.2) is 14.6 Å². The fourth-order valence-electron chi connectivity index (χ4n) is 3.11. The van der Waals surface area contributed by atoms with Gasteiger partial charge in [0.15, 0.2) is 5.82 Å². The normalized spacial score (nSPS) is 15.5. The minimum absolute atomic E-state index is 0.765. The van der Waals surface area contributed by atoms with Gasteiger partial charge in [-0.15, -0.1) is 0 Å². The van der Waals surface area contributed by atoms with E-state index in [-0.39, 0.29) is 0 Å². The fourth-order valence-corrected chi connectivity index (χ4v) is 3.11. The summed E-state index contributed by atoms with van der Waals surface area (Å²) in [7, 11) is 0. The van der Waals surface area contributed by atoms with Crippen LogP contribution in [0.3, 0.4) is 0 Å². The van der Waals surface area contributed by atoms with Gasteiger partial charge >= 0.3 is 0 Å². The van der Waals surface area contributed by atoms with Crippen LogP contribution in [0.2, 0.25) is 0 Å². The molecule has 4 heterocycles. The summed E-state index contributed by atoms with van der Waals surface area (Å²) in [6.45, 7) is 6.80. The third kappa shape index (κ3) is 3.66. The Morgan fingerprint density at radius 1 is 1.00 bits per heavy atom. The molecule has 0 spiro atoms. The summed E-state index contributed by atoms with van der Waals surface area (Å²) in [4.78, 5) is 18.1. The number of nitrogens with zero attached hydrogens (tertiary/aromatic N) is 7. The second-order valence-electron chi connectivity index (χ2n) is 6.21. The number of pyridine rings is 1. The van der Waals surface area contributed by atoms with Gasteiger partial charge in [0.05, 0.1) is 0 Å². The second-order valence-corrected chi connectivity index (χ2v) is 6.21. The lowest BCUT2D eigenvalue weighted by atomic mass is 10.2. The molecule has 3 aromatic rings. The van der Waals surface area contributed by atoms with Crippen LogP contribution in [0.25, 0.3) is 5.82 Å². The Morgan fingerprint density at radius 2 is 1.84 bits per heavy atom. The lowest BCUT2D eigenvalue weighted by Gasteiger charge is -2.35. The molecule has 1 saturated heterocycles. The quantitative estimate of drug-likeness (QED) is 0.723. The molecular weight excluding hydrogens is 314 g/mol. The molecule has 4 rings (SSSR count). The third-order valence-corrected chi connectivity index (χ3v) is 4.38. The molecule has 1 fully saturated rings. The van der Waals surface area contributed by atoms with E-state index in [1.54, 1.807) is 10.9 Å². The number of hydrogen-bond donors (Lipinski definition) is 0. The Bertz CT molecular complexity index is 809. The van der Waals surface area contributed by atoms with Crippen LogP contribution in [-0.2, 0) is 6.54 Å². The molecule has 0 N–H and O–H groups in total. The van der Waals surface area contributed by atoms with Crippen molar-refractivity contribution in [3.8, 4) is 5.82 Å².